The largest absolute Gasteiger partial charge is 0.496 e. The third kappa shape index (κ3) is 6.64. The van der Waals surface area contributed by atoms with Crippen molar-refractivity contribution in [2.75, 3.05) is 14.2 Å². The van der Waals surface area contributed by atoms with Gasteiger partial charge in [0.1, 0.15) is 18.2 Å². The van der Waals surface area contributed by atoms with E-state index in [4.69, 9.17) is 37.4 Å². The Kier molecular flexibility index (Phi) is 9.33. The van der Waals surface area contributed by atoms with Crippen LogP contribution in [-0.4, -0.2) is 42.1 Å². The molecule has 2 aromatic heterocycles. The van der Waals surface area contributed by atoms with E-state index in [2.05, 4.69) is 15.3 Å². The molecule has 0 aliphatic rings. The maximum atomic E-state index is 14.6. The normalized spacial score (nSPS) is 11.1. The smallest absolute Gasteiger partial charge is 0.407 e. The van der Waals surface area contributed by atoms with E-state index in [9.17, 15) is 14.0 Å². The average molecular weight is 612 g/mol. The molecule has 0 spiro atoms. The van der Waals surface area contributed by atoms with Crippen molar-refractivity contribution in [2.24, 2.45) is 0 Å². The summed E-state index contributed by atoms with van der Waals surface area (Å²) in [6, 6.07) is 13.3. The number of aldehydes is 1. The molecule has 2 aromatic carbocycles. The molecule has 218 valence electrons. The summed E-state index contributed by atoms with van der Waals surface area (Å²) in [6.45, 7) is 5.52. The van der Waals surface area contributed by atoms with E-state index in [1.807, 2.05) is 20.8 Å². The van der Waals surface area contributed by atoms with Gasteiger partial charge in [-0.15, -0.1) is 0 Å². The van der Waals surface area contributed by atoms with Crippen LogP contribution in [0.4, 0.5) is 9.18 Å². The van der Waals surface area contributed by atoms with Crippen molar-refractivity contribution in [1.82, 2.24) is 15.3 Å². The maximum absolute atomic E-state index is 14.6. The Morgan fingerprint density at radius 1 is 1.00 bits per heavy atom. The van der Waals surface area contributed by atoms with Crippen LogP contribution in [0.3, 0.4) is 0 Å². The molecule has 11 heteroatoms. The molecule has 0 atom stereocenters. The molecule has 0 saturated carbocycles. The molecule has 0 saturated heterocycles. The molecule has 0 radical (unpaired) electrons. The number of carbonyl (C=O) groups excluding carboxylic acids is 2. The van der Waals surface area contributed by atoms with Crippen LogP contribution in [0, 0.1) is 5.82 Å². The van der Waals surface area contributed by atoms with Crippen molar-refractivity contribution in [3.8, 4) is 45.3 Å². The fourth-order valence-electron chi connectivity index (χ4n) is 4.19. The van der Waals surface area contributed by atoms with Crippen LogP contribution < -0.4 is 14.8 Å². The van der Waals surface area contributed by atoms with Gasteiger partial charge in [-0.05, 0) is 51.1 Å². The first-order valence-electron chi connectivity index (χ1n) is 12.7. The molecule has 0 aliphatic carbocycles. The van der Waals surface area contributed by atoms with Crippen molar-refractivity contribution < 1.29 is 28.2 Å². The number of aromatic nitrogens is 2. The lowest BCUT2D eigenvalue weighted by molar-refractivity contribution is 0.111. The summed E-state index contributed by atoms with van der Waals surface area (Å²) in [7, 11) is 2.81. The number of pyridine rings is 2. The number of methoxy groups -OCH3 is 2. The van der Waals surface area contributed by atoms with Gasteiger partial charge in [0.2, 0.25) is 5.88 Å². The molecule has 0 bridgehead atoms. The fraction of sp³-hybridized carbons (Fsp3) is 0.226. The van der Waals surface area contributed by atoms with Crippen LogP contribution in [0.5, 0.6) is 11.6 Å². The molecule has 42 heavy (non-hydrogen) atoms. The number of benzene rings is 2. The Bertz CT molecular complexity index is 1660. The third-order valence-electron chi connectivity index (χ3n) is 6.13. The lowest BCUT2D eigenvalue weighted by Gasteiger charge is -2.20. The molecule has 0 unspecified atom stereocenters. The fourth-order valence-corrected chi connectivity index (χ4v) is 4.84. The van der Waals surface area contributed by atoms with Crippen molar-refractivity contribution in [2.45, 2.75) is 32.9 Å². The molecular formula is C31H28Cl2FN3O5. The van der Waals surface area contributed by atoms with Crippen LogP contribution >= 0.6 is 23.2 Å². The molecule has 0 fully saturated rings. The number of halogens is 3. The van der Waals surface area contributed by atoms with Crippen LogP contribution in [0.1, 0.15) is 36.7 Å². The second-order valence-corrected chi connectivity index (χ2v) is 11.0. The Morgan fingerprint density at radius 2 is 1.71 bits per heavy atom. The zero-order chi connectivity index (χ0) is 30.6. The highest BCUT2D eigenvalue weighted by molar-refractivity contribution is 6.39. The molecule has 4 aromatic rings. The Balaban J connectivity index is 1.70. The van der Waals surface area contributed by atoms with Gasteiger partial charge in [-0.3, -0.25) is 9.78 Å². The van der Waals surface area contributed by atoms with E-state index in [0.717, 1.165) is 0 Å². The van der Waals surface area contributed by atoms with Gasteiger partial charge in [0, 0.05) is 34.0 Å². The first-order valence-corrected chi connectivity index (χ1v) is 13.5. The predicted molar refractivity (Wildman–Crippen MR) is 160 cm³/mol. The maximum Gasteiger partial charge on any atom is 0.407 e. The van der Waals surface area contributed by atoms with Crippen LogP contribution in [0.2, 0.25) is 10.0 Å². The van der Waals surface area contributed by atoms with E-state index in [0.29, 0.717) is 44.8 Å². The first-order chi connectivity index (χ1) is 20.0. The molecular weight excluding hydrogens is 584 g/mol. The number of carbonyl (C=O) groups is 2. The van der Waals surface area contributed by atoms with Crippen molar-refractivity contribution >= 4 is 35.6 Å². The standard InChI is InChI=1S/C31H28Cl2FN3O5/c1-31(2,3)37-30(39)42-16-17-9-10-24(36-29(17)41-5)21-8-6-7-19(26(21)32)20-11-12-35-28(27(20)33)18-13-23(34)22(15-38)25(14-18)40-4/h6-15H,16H2,1-5H3,(H,37,39). The van der Waals surface area contributed by atoms with Crippen molar-refractivity contribution in [3.63, 3.8) is 0 Å². The second-order valence-electron chi connectivity index (χ2n) is 10.2. The van der Waals surface area contributed by atoms with Gasteiger partial charge in [0.25, 0.3) is 0 Å². The number of rotatable bonds is 8. The number of nitrogens with one attached hydrogen (secondary N) is 1. The monoisotopic (exact) mass is 611 g/mol. The van der Waals surface area contributed by atoms with Gasteiger partial charge >= 0.3 is 6.09 Å². The molecule has 0 aliphatic heterocycles. The molecule has 2 heterocycles. The van der Waals surface area contributed by atoms with Gasteiger partial charge in [-0.1, -0.05) is 41.4 Å². The molecule has 8 nitrogen and oxygen atoms in total. The highest BCUT2D eigenvalue weighted by Crippen LogP contribution is 2.42. The summed E-state index contributed by atoms with van der Waals surface area (Å²) in [6.07, 6.45) is 1.36. The Labute approximate surface area is 252 Å². The van der Waals surface area contributed by atoms with Gasteiger partial charge in [-0.2, -0.15) is 0 Å². The number of hydrogen-bond donors (Lipinski definition) is 1. The molecule has 4 rings (SSSR count). The van der Waals surface area contributed by atoms with E-state index in [-0.39, 0.29) is 34.5 Å². The lowest BCUT2D eigenvalue weighted by atomic mass is 9.99. The summed E-state index contributed by atoms with van der Waals surface area (Å²) in [4.78, 5) is 32.3. The van der Waals surface area contributed by atoms with E-state index < -0.39 is 17.4 Å². The minimum absolute atomic E-state index is 0.0409. The van der Waals surface area contributed by atoms with E-state index in [1.54, 1.807) is 36.4 Å². The molecule has 1 N–H and O–H groups in total. The number of alkyl carbamates (subject to hydrolysis) is 1. The topological polar surface area (TPSA) is 99.6 Å². The van der Waals surface area contributed by atoms with Gasteiger partial charge < -0.3 is 19.5 Å². The van der Waals surface area contributed by atoms with Gasteiger partial charge in [0.05, 0.1) is 46.8 Å². The van der Waals surface area contributed by atoms with Gasteiger partial charge in [0.15, 0.2) is 6.29 Å². The number of nitrogens with zero attached hydrogens (tertiary/aromatic N) is 2. The summed E-state index contributed by atoms with van der Waals surface area (Å²) >= 11 is 13.7. The van der Waals surface area contributed by atoms with E-state index >= 15 is 0 Å². The summed E-state index contributed by atoms with van der Waals surface area (Å²) in [5.74, 6) is -0.421. The Hall–Kier alpha value is -4.21. The van der Waals surface area contributed by atoms with Crippen molar-refractivity contribution in [1.29, 1.82) is 0 Å². The van der Waals surface area contributed by atoms with Crippen LogP contribution in [0.15, 0.2) is 54.7 Å². The minimum atomic E-state index is -0.758. The zero-order valence-corrected chi connectivity index (χ0v) is 25.1. The highest BCUT2D eigenvalue weighted by atomic mass is 35.5. The summed E-state index contributed by atoms with van der Waals surface area (Å²) < 4.78 is 30.6. The molecule has 1 amide bonds. The summed E-state index contributed by atoms with van der Waals surface area (Å²) in [5, 5.41) is 3.32. The Morgan fingerprint density at radius 3 is 2.38 bits per heavy atom. The highest BCUT2D eigenvalue weighted by Gasteiger charge is 2.20. The zero-order valence-electron chi connectivity index (χ0n) is 23.6. The van der Waals surface area contributed by atoms with E-state index in [1.165, 1.54) is 32.5 Å². The minimum Gasteiger partial charge on any atom is -0.496 e. The first kappa shape index (κ1) is 30.7. The number of amides is 1. The second kappa shape index (κ2) is 12.8. The predicted octanol–water partition coefficient (Wildman–Crippen LogP) is 7.78. The third-order valence-corrected chi connectivity index (χ3v) is 6.91. The van der Waals surface area contributed by atoms with Gasteiger partial charge in [-0.25, -0.2) is 14.2 Å². The SMILES string of the molecule is COc1cc(-c2nccc(-c3cccc(-c4ccc(COC(=O)NC(C)(C)C)c(OC)n4)c3Cl)c2Cl)cc(F)c1C=O. The summed E-state index contributed by atoms with van der Waals surface area (Å²) in [5.41, 5.74) is 2.81. The lowest BCUT2D eigenvalue weighted by Crippen LogP contribution is -2.40. The number of ether oxygens (including phenoxy) is 3. The quantitative estimate of drug-likeness (QED) is 0.203. The van der Waals surface area contributed by atoms with Crippen LogP contribution in [0.25, 0.3) is 33.6 Å². The van der Waals surface area contributed by atoms with Crippen LogP contribution in [-0.2, 0) is 11.3 Å². The number of hydrogen-bond acceptors (Lipinski definition) is 7. The van der Waals surface area contributed by atoms with Crippen molar-refractivity contribution in [3.05, 3.63) is 81.7 Å². The average Bonchev–Trinajstić information content (AvgIpc) is 2.95.